The molecule has 5 N–H and O–H groups in total. The average Bonchev–Trinajstić information content (AvgIpc) is 3.25. The number of ether oxygens (including phenoxy) is 1. The van der Waals surface area contributed by atoms with Crippen LogP contribution in [0.5, 0.6) is 0 Å². The van der Waals surface area contributed by atoms with E-state index in [1.807, 2.05) is 6.07 Å². The highest BCUT2D eigenvalue weighted by Gasteiger charge is 2.28. The molecule has 0 bridgehead atoms. The molecule has 2 aromatic rings. The number of primary amides is 1. The van der Waals surface area contributed by atoms with Crippen LogP contribution in [0.15, 0.2) is 29.1 Å². The van der Waals surface area contributed by atoms with Gasteiger partial charge in [0.15, 0.2) is 0 Å². The van der Waals surface area contributed by atoms with Crippen LogP contribution in [0.3, 0.4) is 0 Å². The molecule has 3 amide bonds. The van der Waals surface area contributed by atoms with Crippen molar-refractivity contribution in [2.75, 3.05) is 50.4 Å². The van der Waals surface area contributed by atoms with Gasteiger partial charge in [0.25, 0.3) is 5.91 Å². The largest absolute Gasteiger partial charge is 0.396 e. The number of nitrogen functional groups attached to an aromatic ring is 1. The first-order valence-electron chi connectivity index (χ1n) is 11.9. The van der Waals surface area contributed by atoms with Gasteiger partial charge in [-0.25, -0.2) is 4.79 Å². The first-order valence-corrected chi connectivity index (χ1v) is 12.8. The Labute approximate surface area is 205 Å². The minimum absolute atomic E-state index is 0.179. The number of anilines is 2. The molecular formula is C24H36N6O3S. The molecule has 186 valence electrons. The van der Waals surface area contributed by atoms with E-state index in [-0.39, 0.29) is 23.6 Å². The van der Waals surface area contributed by atoms with Crippen LogP contribution in [-0.2, 0) is 4.74 Å². The van der Waals surface area contributed by atoms with Gasteiger partial charge in [0.1, 0.15) is 5.69 Å². The van der Waals surface area contributed by atoms with E-state index in [0.29, 0.717) is 17.9 Å². The maximum Gasteiger partial charge on any atom is 0.315 e. The number of aromatic nitrogens is 1. The summed E-state index contributed by atoms with van der Waals surface area (Å²) in [6.07, 6.45) is 4.40. The molecule has 3 rings (SSSR count). The predicted octanol–water partition coefficient (Wildman–Crippen LogP) is 3.56. The second kappa shape index (κ2) is 12.7. The zero-order chi connectivity index (χ0) is 24.5. The van der Waals surface area contributed by atoms with E-state index in [1.165, 1.54) is 11.3 Å². The number of morpholine rings is 1. The van der Waals surface area contributed by atoms with E-state index in [4.69, 9.17) is 16.2 Å². The molecule has 0 spiro atoms. The van der Waals surface area contributed by atoms with Gasteiger partial charge >= 0.3 is 6.03 Å². The zero-order valence-corrected chi connectivity index (χ0v) is 20.9. The smallest absolute Gasteiger partial charge is 0.315 e. The van der Waals surface area contributed by atoms with E-state index in [2.05, 4.69) is 29.0 Å². The number of carbonyl (C=O) groups excluding carboxylic acids is 2. The van der Waals surface area contributed by atoms with Gasteiger partial charge < -0.3 is 26.4 Å². The molecule has 0 aliphatic carbocycles. The van der Waals surface area contributed by atoms with Crippen molar-refractivity contribution in [1.29, 1.82) is 0 Å². The zero-order valence-electron chi connectivity index (χ0n) is 20.0. The normalized spacial score (nSPS) is 16.1. The number of carbonyl (C=O) groups is 2. The summed E-state index contributed by atoms with van der Waals surface area (Å²) in [5.41, 5.74) is 13.9. The third-order valence-electron chi connectivity index (χ3n) is 6.33. The maximum atomic E-state index is 12.6. The first-order chi connectivity index (χ1) is 16.4. The van der Waals surface area contributed by atoms with Crippen molar-refractivity contribution in [3.8, 4) is 0 Å². The van der Waals surface area contributed by atoms with E-state index < -0.39 is 6.03 Å². The molecule has 1 aliphatic rings. The molecule has 2 aromatic heterocycles. The summed E-state index contributed by atoms with van der Waals surface area (Å²) in [6.45, 7) is 9.25. The van der Waals surface area contributed by atoms with Crippen molar-refractivity contribution in [1.82, 2.24) is 14.8 Å². The van der Waals surface area contributed by atoms with Crippen molar-refractivity contribution in [2.45, 2.75) is 39.2 Å². The molecule has 10 heteroatoms. The van der Waals surface area contributed by atoms with Gasteiger partial charge in [-0.05, 0) is 36.9 Å². The molecule has 34 heavy (non-hydrogen) atoms. The number of hydrogen-bond acceptors (Lipinski definition) is 7. The molecule has 3 heterocycles. The van der Waals surface area contributed by atoms with Crippen LogP contribution in [-0.4, -0.2) is 66.1 Å². The number of urea groups is 1. The maximum absolute atomic E-state index is 12.6. The van der Waals surface area contributed by atoms with Crippen molar-refractivity contribution >= 4 is 34.6 Å². The van der Waals surface area contributed by atoms with Crippen molar-refractivity contribution in [3.63, 3.8) is 0 Å². The molecule has 0 radical (unpaired) electrons. The Morgan fingerprint density at radius 2 is 2.03 bits per heavy atom. The van der Waals surface area contributed by atoms with Crippen LogP contribution in [0.1, 0.15) is 55.2 Å². The fourth-order valence-corrected chi connectivity index (χ4v) is 4.85. The van der Waals surface area contributed by atoms with E-state index in [9.17, 15) is 9.59 Å². The first kappa shape index (κ1) is 25.9. The Bertz CT molecular complexity index is 929. The summed E-state index contributed by atoms with van der Waals surface area (Å²) in [6, 6.07) is 2.90. The fourth-order valence-electron chi connectivity index (χ4n) is 4.18. The third-order valence-corrected chi connectivity index (χ3v) is 7.09. The van der Waals surface area contributed by atoms with Gasteiger partial charge in [0.2, 0.25) is 0 Å². The average molecular weight is 489 g/mol. The van der Waals surface area contributed by atoms with Gasteiger partial charge in [0.05, 0.1) is 30.6 Å². The molecule has 1 aliphatic heterocycles. The highest BCUT2D eigenvalue weighted by molar-refractivity contribution is 7.09. The number of rotatable bonds is 11. The highest BCUT2D eigenvalue weighted by atomic mass is 32.1. The van der Waals surface area contributed by atoms with Crippen molar-refractivity contribution < 1.29 is 14.3 Å². The highest BCUT2D eigenvalue weighted by Crippen LogP contribution is 2.31. The van der Waals surface area contributed by atoms with Gasteiger partial charge in [-0.1, -0.05) is 26.3 Å². The number of unbranched alkanes of at least 4 members (excludes halogenated alkanes) is 1. The Morgan fingerprint density at radius 1 is 1.26 bits per heavy atom. The Balaban J connectivity index is 1.66. The number of amides is 3. The lowest BCUT2D eigenvalue weighted by atomic mass is 9.91. The van der Waals surface area contributed by atoms with Crippen LogP contribution in [0.25, 0.3) is 0 Å². The van der Waals surface area contributed by atoms with Gasteiger partial charge in [-0.15, -0.1) is 11.3 Å². The molecular weight excluding hydrogens is 452 g/mol. The van der Waals surface area contributed by atoms with Crippen molar-refractivity contribution in [3.05, 3.63) is 40.3 Å². The minimum Gasteiger partial charge on any atom is -0.396 e. The number of nitrogens with two attached hydrogens (primary N) is 2. The predicted molar refractivity (Wildman–Crippen MR) is 136 cm³/mol. The quantitative estimate of drug-likeness (QED) is 0.415. The Morgan fingerprint density at radius 3 is 2.62 bits per heavy atom. The molecule has 0 aromatic carbocycles. The second-order valence-electron chi connectivity index (χ2n) is 8.69. The summed E-state index contributed by atoms with van der Waals surface area (Å²) in [7, 11) is 0. The van der Waals surface area contributed by atoms with Gasteiger partial charge in [-0.3, -0.25) is 14.7 Å². The van der Waals surface area contributed by atoms with Crippen LogP contribution in [0, 0.1) is 5.92 Å². The summed E-state index contributed by atoms with van der Waals surface area (Å²) < 4.78 is 5.40. The molecule has 2 atom stereocenters. The number of hydrogen-bond donors (Lipinski definition) is 3. The lowest BCUT2D eigenvalue weighted by Crippen LogP contribution is -2.42. The number of pyridine rings is 1. The lowest BCUT2D eigenvalue weighted by Gasteiger charge is -2.35. The van der Waals surface area contributed by atoms with Crippen LogP contribution in [0.4, 0.5) is 16.2 Å². The van der Waals surface area contributed by atoms with Crippen LogP contribution < -0.4 is 16.8 Å². The fraction of sp³-hybridized carbons (Fsp3) is 0.542. The summed E-state index contributed by atoms with van der Waals surface area (Å²) in [5, 5.41) is 6.33. The monoisotopic (exact) mass is 488 g/mol. The molecule has 1 fully saturated rings. The van der Waals surface area contributed by atoms with E-state index in [0.717, 1.165) is 57.7 Å². The Hall–Kier alpha value is -2.69. The summed E-state index contributed by atoms with van der Waals surface area (Å²) in [4.78, 5) is 33.5. The standard InChI is InChI=1S/C24H36N6O3S/c1-3-17(2)22(30(24(26)32)9-5-4-8-29-10-12-33-13-11-29)18-6-7-20(27-14-18)23(31)28-21-16-34-15-19(21)25/h6-7,14-17,22H,3-5,8-13,25H2,1-2H3,(H2,26,32)(H,28,31). The number of thiophene rings is 1. The summed E-state index contributed by atoms with van der Waals surface area (Å²) in [5.74, 6) is -0.148. The molecule has 9 nitrogen and oxygen atoms in total. The van der Waals surface area contributed by atoms with Crippen LogP contribution >= 0.6 is 11.3 Å². The second-order valence-corrected chi connectivity index (χ2v) is 9.44. The number of nitrogens with one attached hydrogen (secondary N) is 1. The third kappa shape index (κ3) is 6.91. The topological polar surface area (TPSA) is 127 Å². The number of nitrogens with zero attached hydrogens (tertiary/aromatic N) is 3. The molecule has 0 saturated carbocycles. The molecule has 2 unspecified atom stereocenters. The Kier molecular flexibility index (Phi) is 9.67. The van der Waals surface area contributed by atoms with Crippen LogP contribution in [0.2, 0.25) is 0 Å². The van der Waals surface area contributed by atoms with E-state index >= 15 is 0 Å². The van der Waals surface area contributed by atoms with E-state index in [1.54, 1.807) is 27.9 Å². The minimum atomic E-state index is -0.438. The van der Waals surface area contributed by atoms with Crippen molar-refractivity contribution in [2.24, 2.45) is 11.7 Å². The summed E-state index contributed by atoms with van der Waals surface area (Å²) >= 11 is 1.42. The lowest BCUT2D eigenvalue weighted by molar-refractivity contribution is 0.0367. The van der Waals surface area contributed by atoms with Gasteiger partial charge in [0, 0.05) is 36.6 Å². The molecule has 1 saturated heterocycles. The van der Waals surface area contributed by atoms with Gasteiger partial charge in [-0.2, -0.15) is 0 Å². The SMILES string of the molecule is CCC(C)C(c1ccc(C(=O)Nc2cscc2N)nc1)N(CCCCN1CCOCC1)C(N)=O.